The number of benzene rings is 1. The zero-order valence-electron chi connectivity index (χ0n) is 17.3. The molecule has 150 valence electrons. The summed E-state index contributed by atoms with van der Waals surface area (Å²) < 4.78 is 1.87. The molecule has 1 fully saturated rings. The van der Waals surface area contributed by atoms with E-state index in [1.807, 2.05) is 65.6 Å². The highest BCUT2D eigenvalue weighted by atomic mass is 16.2. The lowest BCUT2D eigenvalue weighted by molar-refractivity contribution is -0.133. The van der Waals surface area contributed by atoms with Crippen LogP contribution in [0.3, 0.4) is 0 Å². The Balaban J connectivity index is 1.83. The van der Waals surface area contributed by atoms with Gasteiger partial charge in [-0.05, 0) is 32.8 Å². The topological polar surface area (TPSA) is 58.4 Å². The van der Waals surface area contributed by atoms with Crippen molar-refractivity contribution >= 4 is 11.8 Å². The van der Waals surface area contributed by atoms with Gasteiger partial charge in [0.15, 0.2) is 0 Å². The monoisotopic (exact) mass is 382 g/mol. The van der Waals surface area contributed by atoms with Crippen LogP contribution in [0.1, 0.15) is 54.0 Å². The van der Waals surface area contributed by atoms with Crippen LogP contribution in [0.25, 0.3) is 0 Å². The highest BCUT2D eigenvalue weighted by molar-refractivity contribution is 5.97. The van der Waals surface area contributed by atoms with Gasteiger partial charge in [-0.3, -0.25) is 14.3 Å². The Labute approximate surface area is 167 Å². The van der Waals surface area contributed by atoms with E-state index in [4.69, 9.17) is 0 Å². The molecule has 28 heavy (non-hydrogen) atoms. The number of carbonyl (C=O) groups is 2. The van der Waals surface area contributed by atoms with Gasteiger partial charge in [-0.1, -0.05) is 37.3 Å². The smallest absolute Gasteiger partial charge is 0.257 e. The third-order valence-corrected chi connectivity index (χ3v) is 5.64. The van der Waals surface area contributed by atoms with Crippen LogP contribution in [0.2, 0.25) is 0 Å². The van der Waals surface area contributed by atoms with Crippen molar-refractivity contribution in [3.63, 3.8) is 0 Å². The molecule has 6 heteroatoms. The number of nitrogens with zero attached hydrogens (tertiary/aromatic N) is 4. The van der Waals surface area contributed by atoms with Gasteiger partial charge in [0.1, 0.15) is 0 Å². The Morgan fingerprint density at radius 3 is 2.50 bits per heavy atom. The molecule has 1 saturated heterocycles. The van der Waals surface area contributed by atoms with Crippen LogP contribution >= 0.6 is 0 Å². The minimum absolute atomic E-state index is 0.0116. The fourth-order valence-electron chi connectivity index (χ4n) is 4.03. The van der Waals surface area contributed by atoms with Gasteiger partial charge in [-0.2, -0.15) is 5.10 Å². The summed E-state index contributed by atoms with van der Waals surface area (Å²) in [6.07, 6.45) is 1.17. The molecule has 1 aromatic heterocycles. The van der Waals surface area contributed by atoms with Crippen LogP contribution in [0.15, 0.2) is 30.3 Å². The maximum absolute atomic E-state index is 13.3. The molecule has 1 aliphatic heterocycles. The summed E-state index contributed by atoms with van der Waals surface area (Å²) in [7, 11) is 0. The van der Waals surface area contributed by atoms with Crippen LogP contribution in [-0.2, 0) is 17.9 Å². The first-order chi connectivity index (χ1) is 13.5. The third kappa shape index (κ3) is 3.96. The number of hydrogen-bond acceptors (Lipinski definition) is 3. The molecule has 2 heterocycles. The molecule has 1 atom stereocenters. The third-order valence-electron chi connectivity index (χ3n) is 5.64. The molecular weight excluding hydrogens is 352 g/mol. The normalized spacial score (nSPS) is 17.7. The molecule has 1 unspecified atom stereocenters. The van der Waals surface area contributed by atoms with Gasteiger partial charge in [-0.15, -0.1) is 0 Å². The lowest BCUT2D eigenvalue weighted by atomic mass is 10.1. The highest BCUT2D eigenvalue weighted by Gasteiger charge is 2.32. The molecule has 1 aromatic carbocycles. The Bertz CT molecular complexity index is 844. The predicted molar refractivity (Wildman–Crippen MR) is 109 cm³/mol. The van der Waals surface area contributed by atoms with E-state index >= 15 is 0 Å². The lowest BCUT2D eigenvalue weighted by Crippen LogP contribution is -2.44. The predicted octanol–water partition coefficient (Wildman–Crippen LogP) is 3.17. The van der Waals surface area contributed by atoms with E-state index in [0.29, 0.717) is 31.6 Å². The van der Waals surface area contributed by atoms with Gasteiger partial charge in [-0.25, -0.2) is 0 Å². The first-order valence-electron chi connectivity index (χ1n) is 10.1. The van der Waals surface area contributed by atoms with Crippen LogP contribution in [0, 0.1) is 13.8 Å². The highest BCUT2D eigenvalue weighted by Crippen LogP contribution is 2.21. The molecule has 3 rings (SSSR count). The number of hydrogen-bond donors (Lipinski definition) is 0. The van der Waals surface area contributed by atoms with E-state index in [1.165, 1.54) is 0 Å². The first kappa shape index (κ1) is 20.1. The summed E-state index contributed by atoms with van der Waals surface area (Å²) in [6, 6.07) is 10.1. The number of amides is 2. The zero-order valence-corrected chi connectivity index (χ0v) is 17.3. The molecular formula is C22H30N4O2. The molecule has 0 aliphatic carbocycles. The number of aryl methyl sites for hydroxylation is 2. The Morgan fingerprint density at radius 1 is 1.18 bits per heavy atom. The molecule has 1 aliphatic rings. The summed E-state index contributed by atoms with van der Waals surface area (Å²) in [4.78, 5) is 29.9. The van der Waals surface area contributed by atoms with Gasteiger partial charge in [0.05, 0.1) is 11.3 Å². The van der Waals surface area contributed by atoms with Crippen LogP contribution in [0.5, 0.6) is 0 Å². The van der Waals surface area contributed by atoms with Crippen molar-refractivity contribution in [3.8, 4) is 0 Å². The zero-order chi connectivity index (χ0) is 20.3. The van der Waals surface area contributed by atoms with E-state index in [-0.39, 0.29) is 17.9 Å². The summed E-state index contributed by atoms with van der Waals surface area (Å²) in [5.41, 5.74) is 3.45. The van der Waals surface area contributed by atoms with Gasteiger partial charge in [0, 0.05) is 44.3 Å². The van der Waals surface area contributed by atoms with Crippen LogP contribution < -0.4 is 0 Å². The Hall–Kier alpha value is -2.63. The molecule has 2 amide bonds. The largest absolute Gasteiger partial charge is 0.336 e. The van der Waals surface area contributed by atoms with Crippen molar-refractivity contribution in [1.82, 2.24) is 19.6 Å². The van der Waals surface area contributed by atoms with Crippen molar-refractivity contribution < 1.29 is 9.59 Å². The van der Waals surface area contributed by atoms with Crippen LogP contribution in [-0.4, -0.2) is 50.5 Å². The molecule has 0 N–H and O–H groups in total. The maximum atomic E-state index is 13.3. The van der Waals surface area contributed by atoms with Gasteiger partial charge in [0.25, 0.3) is 5.91 Å². The second kappa shape index (κ2) is 8.59. The maximum Gasteiger partial charge on any atom is 0.257 e. The van der Waals surface area contributed by atoms with Gasteiger partial charge < -0.3 is 9.80 Å². The minimum Gasteiger partial charge on any atom is -0.336 e. The average Bonchev–Trinajstić information content (AvgIpc) is 2.89. The first-order valence-corrected chi connectivity index (χ1v) is 10.1. The summed E-state index contributed by atoms with van der Waals surface area (Å²) >= 11 is 0. The van der Waals surface area contributed by atoms with Crippen molar-refractivity contribution in [3.05, 3.63) is 52.8 Å². The second-order valence-electron chi connectivity index (χ2n) is 7.43. The molecule has 0 radical (unpaired) electrons. The van der Waals surface area contributed by atoms with E-state index in [9.17, 15) is 9.59 Å². The van der Waals surface area contributed by atoms with E-state index in [0.717, 1.165) is 29.9 Å². The van der Waals surface area contributed by atoms with E-state index in [2.05, 4.69) is 12.0 Å². The van der Waals surface area contributed by atoms with Gasteiger partial charge >= 0.3 is 0 Å². The number of aromatic nitrogens is 2. The van der Waals surface area contributed by atoms with Crippen LogP contribution in [0.4, 0.5) is 0 Å². The Morgan fingerprint density at radius 2 is 1.89 bits per heavy atom. The van der Waals surface area contributed by atoms with Crippen molar-refractivity contribution in [2.24, 2.45) is 0 Å². The summed E-state index contributed by atoms with van der Waals surface area (Å²) in [5.74, 6) is 0.103. The van der Waals surface area contributed by atoms with Crippen molar-refractivity contribution in [2.45, 2.75) is 59.7 Å². The minimum atomic E-state index is -0.0116. The quantitative estimate of drug-likeness (QED) is 0.798. The summed E-state index contributed by atoms with van der Waals surface area (Å²) in [5, 5.41) is 4.48. The molecule has 0 saturated carbocycles. The second-order valence-corrected chi connectivity index (χ2v) is 7.43. The Kier molecular flexibility index (Phi) is 6.17. The van der Waals surface area contributed by atoms with Crippen molar-refractivity contribution in [2.75, 3.05) is 13.1 Å². The molecule has 2 aromatic rings. The van der Waals surface area contributed by atoms with E-state index < -0.39 is 0 Å². The lowest BCUT2D eigenvalue weighted by Gasteiger charge is -2.31. The fraction of sp³-hybridized carbons (Fsp3) is 0.500. The average molecular weight is 383 g/mol. The number of rotatable bonds is 5. The van der Waals surface area contributed by atoms with Gasteiger partial charge in [0.2, 0.25) is 5.91 Å². The summed E-state index contributed by atoms with van der Waals surface area (Å²) in [6.45, 7) is 10.3. The molecule has 0 spiro atoms. The molecule has 6 nitrogen and oxygen atoms in total. The van der Waals surface area contributed by atoms with Crippen molar-refractivity contribution in [1.29, 1.82) is 0 Å². The molecule has 0 bridgehead atoms. The fourth-order valence-corrected chi connectivity index (χ4v) is 4.03. The van der Waals surface area contributed by atoms with E-state index in [1.54, 1.807) is 0 Å². The number of carbonyl (C=O) groups excluding carboxylic acids is 2. The standard InChI is InChI=1S/C22H30N4O2/c1-5-19-15-24(22(28)21-16(3)23-26(6-2)17(21)4)13-12-20(27)25(19)14-18-10-8-7-9-11-18/h7-11,19H,5-6,12-15H2,1-4H3. The SMILES string of the molecule is CCC1CN(C(=O)c2c(C)nn(CC)c2C)CCC(=O)N1Cc1ccccc1.